The summed E-state index contributed by atoms with van der Waals surface area (Å²) in [5, 5.41) is 3.18. The Bertz CT molecular complexity index is 835. The second-order valence-corrected chi connectivity index (χ2v) is 7.96. The summed E-state index contributed by atoms with van der Waals surface area (Å²) in [7, 11) is 0. The minimum Gasteiger partial charge on any atom is -0.352 e. The quantitative estimate of drug-likeness (QED) is 0.872. The minimum absolute atomic E-state index is 0.00882. The number of carbonyl (C=O) groups is 2. The van der Waals surface area contributed by atoms with Crippen molar-refractivity contribution in [2.75, 3.05) is 24.5 Å². The largest absolute Gasteiger partial charge is 0.352 e. The standard InChI is InChI=1S/C23H27N3O2/c1-17-7-9-21(10-8-17)26-15-19(13-22(26)27)23(28)24-20-11-12-25(16-20)14-18-5-3-2-4-6-18/h2-10,19-20H,11-16H2,1H3,(H,24,28). The molecule has 28 heavy (non-hydrogen) atoms. The molecule has 1 N–H and O–H groups in total. The molecular weight excluding hydrogens is 350 g/mol. The number of aryl methyl sites for hydroxylation is 1. The van der Waals surface area contributed by atoms with Crippen LogP contribution < -0.4 is 10.2 Å². The number of likely N-dealkylation sites (tertiary alicyclic amines) is 1. The van der Waals surface area contributed by atoms with Gasteiger partial charge in [0.05, 0.1) is 5.92 Å². The molecule has 0 aliphatic carbocycles. The highest BCUT2D eigenvalue weighted by Crippen LogP contribution is 2.26. The Morgan fingerprint density at radius 3 is 2.57 bits per heavy atom. The first-order valence-corrected chi connectivity index (χ1v) is 10.0. The van der Waals surface area contributed by atoms with E-state index in [0.717, 1.165) is 37.3 Å². The van der Waals surface area contributed by atoms with Crippen LogP contribution in [-0.4, -0.2) is 42.4 Å². The highest BCUT2D eigenvalue weighted by atomic mass is 16.2. The number of rotatable bonds is 5. The van der Waals surface area contributed by atoms with Crippen LogP contribution >= 0.6 is 0 Å². The van der Waals surface area contributed by atoms with Crippen LogP contribution in [0, 0.1) is 12.8 Å². The van der Waals surface area contributed by atoms with Crippen molar-refractivity contribution in [2.45, 2.75) is 32.4 Å². The molecule has 0 spiro atoms. The predicted molar refractivity (Wildman–Crippen MR) is 110 cm³/mol. The fourth-order valence-corrected chi connectivity index (χ4v) is 4.11. The van der Waals surface area contributed by atoms with Gasteiger partial charge in [0.25, 0.3) is 0 Å². The zero-order chi connectivity index (χ0) is 19.5. The third-order valence-electron chi connectivity index (χ3n) is 5.71. The SMILES string of the molecule is Cc1ccc(N2CC(C(=O)NC3CCN(Cc4ccccc4)C3)CC2=O)cc1. The number of amides is 2. The Morgan fingerprint density at radius 1 is 1.07 bits per heavy atom. The molecule has 2 unspecified atom stereocenters. The van der Waals surface area contributed by atoms with Gasteiger partial charge in [-0.2, -0.15) is 0 Å². The van der Waals surface area contributed by atoms with Crippen LogP contribution in [0.3, 0.4) is 0 Å². The molecule has 0 bridgehead atoms. The monoisotopic (exact) mass is 377 g/mol. The summed E-state index contributed by atoms with van der Waals surface area (Å²) in [5.74, 6) is -0.229. The van der Waals surface area contributed by atoms with Gasteiger partial charge < -0.3 is 10.2 Å². The average Bonchev–Trinajstić information content (AvgIpc) is 3.30. The first kappa shape index (κ1) is 18.7. The maximum absolute atomic E-state index is 12.7. The number of carbonyl (C=O) groups excluding carboxylic acids is 2. The Labute approximate surface area is 166 Å². The van der Waals surface area contributed by atoms with E-state index in [1.165, 1.54) is 5.56 Å². The molecule has 2 aliphatic rings. The maximum Gasteiger partial charge on any atom is 0.227 e. The van der Waals surface area contributed by atoms with Gasteiger partial charge in [-0.25, -0.2) is 0 Å². The minimum atomic E-state index is -0.267. The fraction of sp³-hybridized carbons (Fsp3) is 0.391. The Kier molecular flexibility index (Phi) is 5.44. The molecule has 2 aromatic rings. The summed E-state index contributed by atoms with van der Waals surface area (Å²) in [6, 6.07) is 18.5. The lowest BCUT2D eigenvalue weighted by Crippen LogP contribution is -2.41. The summed E-state index contributed by atoms with van der Waals surface area (Å²) in [6.07, 6.45) is 1.25. The Hall–Kier alpha value is -2.66. The summed E-state index contributed by atoms with van der Waals surface area (Å²) >= 11 is 0. The van der Waals surface area contributed by atoms with Crippen molar-refractivity contribution in [1.82, 2.24) is 10.2 Å². The molecule has 0 aromatic heterocycles. The van der Waals surface area contributed by atoms with Crippen LogP contribution in [0.4, 0.5) is 5.69 Å². The molecule has 2 saturated heterocycles. The predicted octanol–water partition coefficient (Wildman–Crippen LogP) is 2.74. The summed E-state index contributed by atoms with van der Waals surface area (Å²) in [5.41, 5.74) is 3.33. The van der Waals surface area contributed by atoms with Crippen LogP contribution in [0.5, 0.6) is 0 Å². The van der Waals surface area contributed by atoms with Crippen LogP contribution in [0.25, 0.3) is 0 Å². The van der Waals surface area contributed by atoms with E-state index >= 15 is 0 Å². The van der Waals surface area contributed by atoms with Crippen LogP contribution in [-0.2, 0) is 16.1 Å². The van der Waals surface area contributed by atoms with Crippen molar-refractivity contribution < 1.29 is 9.59 Å². The maximum atomic E-state index is 12.7. The van der Waals surface area contributed by atoms with Crippen LogP contribution in [0.1, 0.15) is 24.0 Å². The number of nitrogens with zero attached hydrogens (tertiary/aromatic N) is 2. The first-order chi connectivity index (χ1) is 13.6. The van der Waals surface area contributed by atoms with Gasteiger partial charge in [0, 0.05) is 44.3 Å². The molecule has 2 amide bonds. The summed E-state index contributed by atoms with van der Waals surface area (Å²) in [4.78, 5) is 29.2. The van der Waals surface area contributed by atoms with Crippen molar-refractivity contribution in [2.24, 2.45) is 5.92 Å². The smallest absolute Gasteiger partial charge is 0.227 e. The highest BCUT2D eigenvalue weighted by Gasteiger charge is 2.36. The Morgan fingerprint density at radius 2 is 1.82 bits per heavy atom. The molecule has 146 valence electrons. The summed E-state index contributed by atoms with van der Waals surface area (Å²) in [6.45, 7) is 5.25. The molecular formula is C23H27N3O2. The van der Waals surface area contributed by atoms with E-state index in [9.17, 15) is 9.59 Å². The van der Waals surface area contributed by atoms with Crippen molar-refractivity contribution in [3.05, 3.63) is 65.7 Å². The van der Waals surface area contributed by atoms with Gasteiger partial charge in [-0.15, -0.1) is 0 Å². The van der Waals surface area contributed by atoms with Gasteiger partial charge in [0.1, 0.15) is 0 Å². The molecule has 2 fully saturated rings. The molecule has 4 rings (SSSR count). The molecule has 2 aromatic carbocycles. The van der Waals surface area contributed by atoms with Gasteiger partial charge in [0.2, 0.25) is 11.8 Å². The van der Waals surface area contributed by atoms with Gasteiger partial charge in [-0.05, 0) is 31.0 Å². The molecule has 5 nitrogen and oxygen atoms in total. The van der Waals surface area contributed by atoms with Crippen LogP contribution in [0.15, 0.2) is 54.6 Å². The lowest BCUT2D eigenvalue weighted by molar-refractivity contribution is -0.126. The molecule has 0 radical (unpaired) electrons. The van der Waals surface area contributed by atoms with Crippen molar-refractivity contribution >= 4 is 17.5 Å². The van der Waals surface area contributed by atoms with Gasteiger partial charge in [0.15, 0.2) is 0 Å². The van der Waals surface area contributed by atoms with E-state index in [4.69, 9.17) is 0 Å². The molecule has 2 atom stereocenters. The lowest BCUT2D eigenvalue weighted by Gasteiger charge is -2.19. The third-order valence-corrected chi connectivity index (χ3v) is 5.71. The van der Waals surface area contributed by atoms with E-state index in [2.05, 4.69) is 34.5 Å². The molecule has 2 heterocycles. The van der Waals surface area contributed by atoms with E-state index < -0.39 is 0 Å². The normalized spacial score (nSPS) is 22.6. The highest BCUT2D eigenvalue weighted by molar-refractivity contribution is 6.00. The van der Waals surface area contributed by atoms with Gasteiger partial charge in [-0.1, -0.05) is 48.0 Å². The van der Waals surface area contributed by atoms with Crippen molar-refractivity contribution in [3.63, 3.8) is 0 Å². The second kappa shape index (κ2) is 8.15. The van der Waals surface area contributed by atoms with E-state index in [0.29, 0.717) is 13.0 Å². The third kappa shape index (κ3) is 4.25. The lowest BCUT2D eigenvalue weighted by atomic mass is 10.1. The number of hydrogen-bond acceptors (Lipinski definition) is 3. The first-order valence-electron chi connectivity index (χ1n) is 10.0. The van der Waals surface area contributed by atoms with Gasteiger partial charge in [-0.3, -0.25) is 14.5 Å². The zero-order valence-corrected chi connectivity index (χ0v) is 16.3. The number of hydrogen-bond donors (Lipinski definition) is 1. The molecule has 5 heteroatoms. The summed E-state index contributed by atoms with van der Waals surface area (Å²) < 4.78 is 0. The fourth-order valence-electron chi connectivity index (χ4n) is 4.11. The molecule has 2 aliphatic heterocycles. The number of nitrogens with one attached hydrogen (secondary N) is 1. The van der Waals surface area contributed by atoms with E-state index in [1.807, 2.05) is 37.3 Å². The average molecular weight is 377 g/mol. The zero-order valence-electron chi connectivity index (χ0n) is 16.3. The number of benzene rings is 2. The van der Waals surface area contributed by atoms with E-state index in [-0.39, 0.29) is 23.8 Å². The van der Waals surface area contributed by atoms with Crippen molar-refractivity contribution in [1.29, 1.82) is 0 Å². The molecule has 0 saturated carbocycles. The topological polar surface area (TPSA) is 52.7 Å². The van der Waals surface area contributed by atoms with E-state index in [1.54, 1.807) is 4.90 Å². The van der Waals surface area contributed by atoms with Crippen LogP contribution in [0.2, 0.25) is 0 Å². The van der Waals surface area contributed by atoms with Crippen molar-refractivity contribution in [3.8, 4) is 0 Å². The number of anilines is 1. The Balaban J connectivity index is 1.29. The van der Waals surface area contributed by atoms with Gasteiger partial charge >= 0.3 is 0 Å². The second-order valence-electron chi connectivity index (χ2n) is 7.96.